The van der Waals surface area contributed by atoms with Crippen LogP contribution >= 0.6 is 15.9 Å². The maximum atomic E-state index is 5.93. The number of hydrogen-bond donors (Lipinski definition) is 0. The number of ether oxygens (including phenoxy) is 3. The second kappa shape index (κ2) is 10.2. The Balaban J connectivity index is 2.58. The van der Waals surface area contributed by atoms with E-state index in [0.29, 0.717) is 6.61 Å². The molecule has 1 aromatic rings. The molecule has 0 fully saturated rings. The summed E-state index contributed by atoms with van der Waals surface area (Å²) in [6, 6.07) is 7.76. The molecule has 0 aromatic heterocycles. The maximum Gasteiger partial charge on any atom is 0.226 e. The van der Waals surface area contributed by atoms with Gasteiger partial charge in [-0.1, -0.05) is 42.6 Å². The van der Waals surface area contributed by atoms with E-state index >= 15 is 0 Å². The first-order chi connectivity index (χ1) is 9.71. The van der Waals surface area contributed by atoms with Crippen LogP contribution in [0.1, 0.15) is 39.5 Å². The predicted octanol–water partition coefficient (Wildman–Crippen LogP) is 4.79. The van der Waals surface area contributed by atoms with Crippen molar-refractivity contribution in [2.45, 2.75) is 51.9 Å². The van der Waals surface area contributed by atoms with E-state index in [9.17, 15) is 0 Å². The third-order valence-electron chi connectivity index (χ3n) is 3.10. The van der Waals surface area contributed by atoms with E-state index in [1.165, 1.54) is 12.8 Å². The zero-order chi connectivity index (χ0) is 14.8. The Morgan fingerprint density at radius 2 is 1.80 bits per heavy atom. The second-order valence-corrected chi connectivity index (χ2v) is 5.62. The summed E-state index contributed by atoms with van der Waals surface area (Å²) in [5.74, 6) is 0.796. The molecule has 0 bridgehead atoms. The highest BCUT2D eigenvalue weighted by atomic mass is 79.9. The van der Waals surface area contributed by atoms with Gasteiger partial charge in [0.2, 0.25) is 6.29 Å². The van der Waals surface area contributed by atoms with Crippen molar-refractivity contribution in [2.24, 2.45) is 0 Å². The number of rotatable bonds is 10. The van der Waals surface area contributed by atoms with Crippen LogP contribution < -0.4 is 4.74 Å². The van der Waals surface area contributed by atoms with Gasteiger partial charge in [0.05, 0.1) is 6.61 Å². The standard InChI is InChI=1S/C16H25BrO3/c1-4-6-7-12-19-16(15(5-2)18-3)20-14-10-8-13(17)9-11-14/h8-11,15-16H,4-7,12H2,1-3H3/t15?,16-/m0/s1. The fourth-order valence-electron chi connectivity index (χ4n) is 1.89. The molecule has 0 heterocycles. The molecule has 114 valence electrons. The van der Waals surface area contributed by atoms with E-state index in [0.717, 1.165) is 23.1 Å². The molecule has 0 saturated heterocycles. The first-order valence-corrected chi connectivity index (χ1v) is 8.07. The van der Waals surface area contributed by atoms with Crippen molar-refractivity contribution in [3.8, 4) is 5.75 Å². The number of benzene rings is 1. The Morgan fingerprint density at radius 1 is 1.10 bits per heavy atom. The summed E-state index contributed by atoms with van der Waals surface area (Å²) in [6.07, 6.45) is 3.85. The molecule has 0 aliphatic rings. The Morgan fingerprint density at radius 3 is 2.35 bits per heavy atom. The van der Waals surface area contributed by atoms with Gasteiger partial charge in [-0.05, 0) is 37.1 Å². The van der Waals surface area contributed by atoms with Gasteiger partial charge in [0.1, 0.15) is 11.9 Å². The van der Waals surface area contributed by atoms with Crippen LogP contribution in [0.4, 0.5) is 0 Å². The fraction of sp³-hybridized carbons (Fsp3) is 0.625. The van der Waals surface area contributed by atoms with Crippen molar-refractivity contribution in [2.75, 3.05) is 13.7 Å². The Hall–Kier alpha value is -0.580. The number of unbranched alkanes of at least 4 members (excludes halogenated alkanes) is 2. The van der Waals surface area contributed by atoms with E-state index < -0.39 is 0 Å². The normalized spacial score (nSPS) is 14.0. The molecular formula is C16H25BrO3. The lowest BCUT2D eigenvalue weighted by Crippen LogP contribution is -2.35. The summed E-state index contributed by atoms with van der Waals surface area (Å²) in [5, 5.41) is 0. The molecule has 0 saturated carbocycles. The van der Waals surface area contributed by atoms with Crippen molar-refractivity contribution in [1.82, 2.24) is 0 Å². The van der Waals surface area contributed by atoms with Gasteiger partial charge in [-0.2, -0.15) is 0 Å². The van der Waals surface area contributed by atoms with Gasteiger partial charge in [0.15, 0.2) is 0 Å². The van der Waals surface area contributed by atoms with Crippen molar-refractivity contribution in [3.05, 3.63) is 28.7 Å². The first kappa shape index (κ1) is 17.5. The van der Waals surface area contributed by atoms with Gasteiger partial charge >= 0.3 is 0 Å². The molecule has 0 aliphatic carbocycles. The Labute approximate surface area is 130 Å². The number of halogens is 1. The number of methoxy groups -OCH3 is 1. The van der Waals surface area contributed by atoms with E-state index in [1.807, 2.05) is 24.3 Å². The van der Waals surface area contributed by atoms with Crippen molar-refractivity contribution in [1.29, 1.82) is 0 Å². The summed E-state index contributed by atoms with van der Waals surface area (Å²) in [7, 11) is 1.70. The van der Waals surface area contributed by atoms with Crippen LogP contribution in [0.25, 0.3) is 0 Å². The molecule has 1 unspecified atom stereocenters. The topological polar surface area (TPSA) is 27.7 Å². The molecule has 2 atom stereocenters. The second-order valence-electron chi connectivity index (χ2n) is 4.70. The van der Waals surface area contributed by atoms with Gasteiger partial charge in [-0.25, -0.2) is 0 Å². The fourth-order valence-corrected chi connectivity index (χ4v) is 2.15. The minimum atomic E-state index is -0.358. The van der Waals surface area contributed by atoms with E-state index in [2.05, 4.69) is 29.8 Å². The highest BCUT2D eigenvalue weighted by Gasteiger charge is 2.22. The van der Waals surface area contributed by atoms with E-state index in [4.69, 9.17) is 14.2 Å². The SMILES string of the molecule is CCCCCO[C@@H](Oc1ccc(Br)cc1)C(CC)OC. The van der Waals surface area contributed by atoms with Gasteiger partial charge in [-0.3, -0.25) is 0 Å². The number of hydrogen-bond acceptors (Lipinski definition) is 3. The smallest absolute Gasteiger partial charge is 0.226 e. The monoisotopic (exact) mass is 344 g/mol. The minimum absolute atomic E-state index is 0.0553. The molecule has 1 rings (SSSR count). The largest absolute Gasteiger partial charge is 0.462 e. The molecule has 0 radical (unpaired) electrons. The van der Waals surface area contributed by atoms with Gasteiger partial charge in [0, 0.05) is 11.6 Å². The molecule has 0 aliphatic heterocycles. The third-order valence-corrected chi connectivity index (χ3v) is 3.63. The van der Waals surface area contributed by atoms with Crippen LogP contribution in [-0.4, -0.2) is 26.1 Å². The van der Waals surface area contributed by atoms with Crippen LogP contribution in [0.15, 0.2) is 28.7 Å². The van der Waals surface area contributed by atoms with Gasteiger partial charge in [-0.15, -0.1) is 0 Å². The third kappa shape index (κ3) is 6.25. The molecular weight excluding hydrogens is 320 g/mol. The van der Waals surface area contributed by atoms with Crippen molar-refractivity contribution < 1.29 is 14.2 Å². The first-order valence-electron chi connectivity index (χ1n) is 7.27. The van der Waals surface area contributed by atoms with Crippen LogP contribution in [0, 0.1) is 0 Å². The average Bonchev–Trinajstić information content (AvgIpc) is 2.46. The summed E-state index contributed by atoms with van der Waals surface area (Å²) < 4.78 is 18.3. The summed E-state index contributed by atoms with van der Waals surface area (Å²) in [5.41, 5.74) is 0. The van der Waals surface area contributed by atoms with Crippen LogP contribution in [-0.2, 0) is 9.47 Å². The quantitative estimate of drug-likeness (QED) is 0.451. The lowest BCUT2D eigenvalue weighted by atomic mass is 10.2. The zero-order valence-electron chi connectivity index (χ0n) is 12.6. The summed E-state index contributed by atoms with van der Waals surface area (Å²) >= 11 is 3.42. The predicted molar refractivity (Wildman–Crippen MR) is 85.1 cm³/mol. The minimum Gasteiger partial charge on any atom is -0.462 e. The highest BCUT2D eigenvalue weighted by molar-refractivity contribution is 9.10. The average molecular weight is 345 g/mol. The molecule has 0 amide bonds. The van der Waals surface area contributed by atoms with Gasteiger partial charge < -0.3 is 14.2 Å². The molecule has 4 heteroatoms. The lowest BCUT2D eigenvalue weighted by molar-refractivity contribution is -0.156. The Kier molecular flexibility index (Phi) is 8.90. The molecule has 20 heavy (non-hydrogen) atoms. The highest BCUT2D eigenvalue weighted by Crippen LogP contribution is 2.20. The Bertz CT molecular complexity index is 349. The molecule has 0 spiro atoms. The van der Waals surface area contributed by atoms with Crippen LogP contribution in [0.5, 0.6) is 5.75 Å². The van der Waals surface area contributed by atoms with Crippen LogP contribution in [0.3, 0.4) is 0 Å². The summed E-state index contributed by atoms with van der Waals surface area (Å²) in [4.78, 5) is 0. The summed E-state index contributed by atoms with van der Waals surface area (Å²) in [6.45, 7) is 4.95. The van der Waals surface area contributed by atoms with E-state index in [-0.39, 0.29) is 12.4 Å². The van der Waals surface area contributed by atoms with Crippen molar-refractivity contribution in [3.63, 3.8) is 0 Å². The maximum absolute atomic E-state index is 5.93. The lowest BCUT2D eigenvalue weighted by Gasteiger charge is -2.26. The van der Waals surface area contributed by atoms with Crippen molar-refractivity contribution >= 4 is 15.9 Å². The van der Waals surface area contributed by atoms with Crippen LogP contribution in [0.2, 0.25) is 0 Å². The zero-order valence-corrected chi connectivity index (χ0v) is 14.2. The van der Waals surface area contributed by atoms with E-state index in [1.54, 1.807) is 7.11 Å². The molecule has 1 aromatic carbocycles. The molecule has 0 N–H and O–H groups in total. The molecule has 3 nitrogen and oxygen atoms in total. The van der Waals surface area contributed by atoms with Gasteiger partial charge in [0.25, 0.3) is 0 Å².